The molecule has 0 amide bonds. The van der Waals surface area contributed by atoms with Crippen molar-refractivity contribution in [2.24, 2.45) is 21.7 Å². The molecular formula is C15H17Cl4N5S. The van der Waals surface area contributed by atoms with Crippen molar-refractivity contribution < 1.29 is 0 Å². The number of nitrogens with zero attached hydrogens (tertiary/aromatic N) is 3. The number of halogens is 4. The van der Waals surface area contributed by atoms with Gasteiger partial charge in [0.15, 0.2) is 0 Å². The first-order chi connectivity index (χ1) is 11.0. The van der Waals surface area contributed by atoms with Crippen molar-refractivity contribution in [2.45, 2.75) is 25.7 Å². The number of guanidine groups is 1. The molecule has 1 aliphatic rings. The van der Waals surface area contributed by atoms with Crippen molar-refractivity contribution in [3.63, 3.8) is 0 Å². The Bertz CT molecular complexity index is 814. The average molecular weight is 441 g/mol. The fourth-order valence-corrected chi connectivity index (χ4v) is 4.49. The summed E-state index contributed by atoms with van der Waals surface area (Å²) in [4.78, 5) is 4.51. The molecule has 10 heteroatoms. The smallest absolute Gasteiger partial charge is 0.211 e. The zero-order valence-corrected chi connectivity index (χ0v) is 17.2. The zero-order valence-electron chi connectivity index (χ0n) is 13.2. The maximum atomic E-state index is 6.32. The van der Waals surface area contributed by atoms with Gasteiger partial charge in [0.1, 0.15) is 0 Å². The molecule has 136 valence electrons. The van der Waals surface area contributed by atoms with Gasteiger partial charge in [-0.2, -0.15) is 5.10 Å². The van der Waals surface area contributed by atoms with E-state index >= 15 is 0 Å². The van der Waals surface area contributed by atoms with Crippen LogP contribution < -0.4 is 11.5 Å². The largest absolute Gasteiger partial charge is 0.369 e. The van der Waals surface area contributed by atoms with Gasteiger partial charge in [-0.3, -0.25) is 4.98 Å². The Morgan fingerprint density at radius 1 is 1.28 bits per heavy atom. The van der Waals surface area contributed by atoms with E-state index in [1.807, 2.05) is 19.1 Å². The first kappa shape index (κ1) is 22.0. The van der Waals surface area contributed by atoms with Crippen molar-refractivity contribution in [3.8, 4) is 0 Å². The van der Waals surface area contributed by atoms with Crippen molar-refractivity contribution in [2.75, 3.05) is 0 Å². The lowest BCUT2D eigenvalue weighted by Crippen LogP contribution is -2.24. The molecule has 2 aromatic heterocycles. The summed E-state index contributed by atoms with van der Waals surface area (Å²) in [5.74, 6) is 0.0836. The minimum atomic E-state index is -0.0701. The van der Waals surface area contributed by atoms with E-state index in [2.05, 4.69) is 15.2 Å². The summed E-state index contributed by atoms with van der Waals surface area (Å²) in [5.41, 5.74) is 15.8. The predicted molar refractivity (Wildman–Crippen MR) is 111 cm³/mol. The lowest BCUT2D eigenvalue weighted by molar-refractivity contribution is 0.680. The number of thiophene rings is 1. The highest BCUT2D eigenvalue weighted by Crippen LogP contribution is 2.41. The molecule has 1 unspecified atom stereocenters. The van der Waals surface area contributed by atoms with E-state index in [0.29, 0.717) is 15.1 Å². The van der Waals surface area contributed by atoms with Gasteiger partial charge in [0, 0.05) is 11.8 Å². The molecule has 2 aromatic rings. The Kier molecular flexibility index (Phi) is 7.96. The number of aromatic nitrogens is 1. The number of rotatable bonds is 2. The van der Waals surface area contributed by atoms with Crippen LogP contribution in [0.2, 0.25) is 8.67 Å². The second kappa shape index (κ2) is 9.05. The van der Waals surface area contributed by atoms with Crippen LogP contribution in [0.1, 0.15) is 34.7 Å². The maximum Gasteiger partial charge on any atom is 0.211 e. The molecule has 0 spiro atoms. The molecule has 3 rings (SSSR count). The van der Waals surface area contributed by atoms with Gasteiger partial charge in [-0.05, 0) is 48.9 Å². The van der Waals surface area contributed by atoms with Crippen molar-refractivity contribution in [1.82, 2.24) is 4.98 Å². The lowest BCUT2D eigenvalue weighted by Gasteiger charge is -2.25. The Morgan fingerprint density at radius 3 is 2.60 bits per heavy atom. The number of hydrogen-bond donors (Lipinski definition) is 2. The van der Waals surface area contributed by atoms with Crippen LogP contribution >= 0.6 is 59.4 Å². The summed E-state index contributed by atoms with van der Waals surface area (Å²) in [5, 5.41) is 8.06. The molecule has 2 heterocycles. The van der Waals surface area contributed by atoms with Gasteiger partial charge in [-0.15, -0.1) is 41.3 Å². The molecule has 0 aromatic carbocycles. The van der Waals surface area contributed by atoms with Crippen LogP contribution in [0.25, 0.3) is 0 Å². The van der Waals surface area contributed by atoms with Crippen molar-refractivity contribution in [3.05, 3.63) is 49.4 Å². The van der Waals surface area contributed by atoms with Crippen LogP contribution in [0.3, 0.4) is 0 Å². The molecule has 25 heavy (non-hydrogen) atoms. The van der Waals surface area contributed by atoms with Crippen LogP contribution in [0.5, 0.6) is 0 Å². The first-order valence-electron chi connectivity index (χ1n) is 7.00. The number of nitrogens with two attached hydrogens (primary N) is 2. The fraction of sp³-hybridized carbons (Fsp3) is 0.267. The molecule has 1 aliphatic carbocycles. The van der Waals surface area contributed by atoms with Gasteiger partial charge in [-0.25, -0.2) is 0 Å². The SMILES string of the molecule is Cc1ccnc2c1/C(=N/N=C(N)N)CC(c1cc(Cl)sc1Cl)C2.Cl.Cl. The Morgan fingerprint density at radius 2 is 2.00 bits per heavy atom. The minimum Gasteiger partial charge on any atom is -0.369 e. The third-order valence-electron chi connectivity index (χ3n) is 3.81. The molecular weight excluding hydrogens is 424 g/mol. The number of aryl methyl sites for hydroxylation is 1. The van der Waals surface area contributed by atoms with Gasteiger partial charge in [0.2, 0.25) is 5.96 Å². The van der Waals surface area contributed by atoms with Crippen LogP contribution in [0.4, 0.5) is 0 Å². The predicted octanol–water partition coefficient (Wildman–Crippen LogP) is 4.31. The Balaban J connectivity index is 0.00000156. The van der Waals surface area contributed by atoms with Gasteiger partial charge >= 0.3 is 0 Å². The van der Waals surface area contributed by atoms with Gasteiger partial charge in [-0.1, -0.05) is 23.2 Å². The van der Waals surface area contributed by atoms with E-state index in [-0.39, 0.29) is 36.7 Å². The van der Waals surface area contributed by atoms with Crippen molar-refractivity contribution >= 4 is 71.0 Å². The average Bonchev–Trinajstić information content (AvgIpc) is 2.83. The van der Waals surface area contributed by atoms with E-state index in [1.165, 1.54) is 11.3 Å². The molecule has 5 nitrogen and oxygen atoms in total. The number of fused-ring (bicyclic) bond motifs is 1. The minimum absolute atomic E-state index is 0. The molecule has 0 radical (unpaired) electrons. The summed E-state index contributed by atoms with van der Waals surface area (Å²) >= 11 is 13.8. The van der Waals surface area contributed by atoms with Crippen LogP contribution in [0.15, 0.2) is 28.5 Å². The maximum absolute atomic E-state index is 6.32. The highest BCUT2D eigenvalue weighted by molar-refractivity contribution is 7.20. The first-order valence-corrected chi connectivity index (χ1v) is 8.58. The molecule has 0 fully saturated rings. The topological polar surface area (TPSA) is 89.6 Å². The summed E-state index contributed by atoms with van der Waals surface area (Å²) in [6.07, 6.45) is 3.27. The Labute approximate surface area is 172 Å². The molecule has 0 saturated heterocycles. The van der Waals surface area contributed by atoms with Crippen LogP contribution in [-0.4, -0.2) is 16.7 Å². The summed E-state index contributed by atoms with van der Waals surface area (Å²) in [6, 6.07) is 3.87. The van der Waals surface area contributed by atoms with E-state index < -0.39 is 0 Å². The molecule has 1 atom stereocenters. The second-order valence-electron chi connectivity index (χ2n) is 5.41. The normalized spacial score (nSPS) is 17.2. The standard InChI is InChI=1S/C15H15Cl2N5S.2ClH/c1-7-2-3-20-10-4-8(9-6-12(16)23-14(9)17)5-11(13(7)10)21-22-15(18)19;;/h2-3,6,8H,4-5H2,1H3,(H4,18,19,22);2*1H/b21-11+;;. The second-order valence-corrected chi connectivity index (χ2v) is 7.69. The van der Waals surface area contributed by atoms with E-state index in [4.69, 9.17) is 34.7 Å². The van der Waals surface area contributed by atoms with Gasteiger partial charge in [0.05, 0.1) is 20.1 Å². The summed E-state index contributed by atoms with van der Waals surface area (Å²) in [7, 11) is 0. The number of pyridine rings is 1. The molecule has 0 aliphatic heterocycles. The summed E-state index contributed by atoms with van der Waals surface area (Å²) < 4.78 is 1.38. The molecule has 4 N–H and O–H groups in total. The van der Waals surface area contributed by atoms with E-state index in [1.54, 1.807) is 6.20 Å². The van der Waals surface area contributed by atoms with Crippen LogP contribution in [0, 0.1) is 6.92 Å². The molecule has 0 bridgehead atoms. The Hall–Kier alpha value is -1.05. The highest BCUT2D eigenvalue weighted by Gasteiger charge is 2.29. The van der Waals surface area contributed by atoms with Gasteiger partial charge < -0.3 is 11.5 Å². The van der Waals surface area contributed by atoms with E-state index in [0.717, 1.165) is 34.5 Å². The van der Waals surface area contributed by atoms with E-state index in [9.17, 15) is 0 Å². The zero-order chi connectivity index (χ0) is 16.6. The van der Waals surface area contributed by atoms with Gasteiger partial charge in [0.25, 0.3) is 0 Å². The van der Waals surface area contributed by atoms with Crippen molar-refractivity contribution in [1.29, 1.82) is 0 Å². The number of hydrogen-bond acceptors (Lipinski definition) is 4. The third-order valence-corrected chi connectivity index (χ3v) is 5.33. The quantitative estimate of drug-likeness (QED) is 0.414. The monoisotopic (exact) mass is 439 g/mol. The lowest BCUT2D eigenvalue weighted by atomic mass is 9.81. The fourth-order valence-electron chi connectivity index (χ4n) is 2.86. The molecule has 0 saturated carbocycles. The summed E-state index contributed by atoms with van der Waals surface area (Å²) in [6.45, 7) is 2.03. The van der Waals surface area contributed by atoms with Crippen LogP contribution in [-0.2, 0) is 6.42 Å². The highest BCUT2D eigenvalue weighted by atomic mass is 35.5. The third kappa shape index (κ3) is 4.77.